The normalized spacial score (nSPS) is 11.6. The number of ether oxygens (including phenoxy) is 2. The number of halogens is 1. The third-order valence-corrected chi connectivity index (χ3v) is 5.73. The summed E-state index contributed by atoms with van der Waals surface area (Å²) >= 11 is 5.97. The molecule has 1 unspecified atom stereocenters. The average molecular weight is 533 g/mol. The number of hydrogen-bond acceptors (Lipinski definition) is 6. The van der Waals surface area contributed by atoms with Gasteiger partial charge in [-0.05, 0) is 60.9 Å². The third-order valence-electron chi connectivity index (χ3n) is 5.50. The van der Waals surface area contributed by atoms with Crippen LogP contribution in [0.1, 0.15) is 47.8 Å². The van der Waals surface area contributed by atoms with Crippen molar-refractivity contribution in [2.45, 2.75) is 33.4 Å². The lowest BCUT2D eigenvalue weighted by atomic mass is 10.0. The van der Waals surface area contributed by atoms with E-state index in [4.69, 9.17) is 21.1 Å². The number of nitriles is 1. The molecule has 0 aliphatic rings. The van der Waals surface area contributed by atoms with Crippen molar-refractivity contribution in [3.8, 4) is 17.6 Å². The Kier molecular flexibility index (Phi) is 10.3. The van der Waals surface area contributed by atoms with Crippen molar-refractivity contribution in [2.24, 2.45) is 11.0 Å². The number of nitrogens with one attached hydrogen (secondary N) is 2. The van der Waals surface area contributed by atoms with Crippen LogP contribution < -0.4 is 20.2 Å². The Balaban J connectivity index is 1.65. The van der Waals surface area contributed by atoms with Crippen molar-refractivity contribution in [2.75, 3.05) is 6.61 Å². The zero-order valence-electron chi connectivity index (χ0n) is 21.4. The predicted octanol–water partition coefficient (Wildman–Crippen LogP) is 5.09. The average Bonchev–Trinajstić information content (AvgIpc) is 2.91. The lowest BCUT2D eigenvalue weighted by molar-refractivity contribution is -0.123. The van der Waals surface area contributed by atoms with Gasteiger partial charge in [-0.15, -0.1) is 0 Å². The Morgan fingerprint density at radius 2 is 1.84 bits per heavy atom. The number of carbonyl (C=O) groups excluding carboxylic acids is 2. The highest BCUT2D eigenvalue weighted by molar-refractivity contribution is 6.31. The fourth-order valence-corrected chi connectivity index (χ4v) is 3.72. The van der Waals surface area contributed by atoms with Crippen molar-refractivity contribution in [1.82, 2.24) is 10.7 Å². The van der Waals surface area contributed by atoms with E-state index in [1.807, 2.05) is 32.9 Å². The minimum Gasteiger partial charge on any atom is -0.490 e. The second-order valence-corrected chi connectivity index (χ2v) is 9.07. The summed E-state index contributed by atoms with van der Waals surface area (Å²) in [4.78, 5) is 25.4. The maximum atomic E-state index is 12.8. The fourth-order valence-electron chi connectivity index (χ4n) is 3.53. The molecule has 0 aromatic heterocycles. The molecule has 2 amide bonds. The summed E-state index contributed by atoms with van der Waals surface area (Å²) in [6, 6.07) is 20.3. The van der Waals surface area contributed by atoms with E-state index >= 15 is 0 Å². The topological polar surface area (TPSA) is 113 Å². The Morgan fingerprint density at radius 3 is 2.55 bits per heavy atom. The number of hydrogen-bond donors (Lipinski definition) is 2. The van der Waals surface area contributed by atoms with Gasteiger partial charge in [-0.3, -0.25) is 9.59 Å². The molecule has 0 spiro atoms. The van der Waals surface area contributed by atoms with E-state index in [-0.39, 0.29) is 12.5 Å². The van der Waals surface area contributed by atoms with Crippen molar-refractivity contribution in [3.05, 3.63) is 94.0 Å². The lowest BCUT2D eigenvalue weighted by Gasteiger charge is -2.20. The molecule has 196 valence electrons. The summed E-state index contributed by atoms with van der Waals surface area (Å²) in [6.07, 6.45) is 1.48. The summed E-state index contributed by atoms with van der Waals surface area (Å²) in [5.41, 5.74) is 4.85. The third kappa shape index (κ3) is 7.82. The van der Waals surface area contributed by atoms with Gasteiger partial charge in [0.2, 0.25) is 0 Å². The van der Waals surface area contributed by atoms with E-state index in [9.17, 15) is 14.9 Å². The molecule has 3 aromatic carbocycles. The Morgan fingerprint density at radius 1 is 1.05 bits per heavy atom. The van der Waals surface area contributed by atoms with Gasteiger partial charge < -0.3 is 14.8 Å². The van der Waals surface area contributed by atoms with Crippen LogP contribution in [-0.2, 0) is 11.4 Å². The van der Waals surface area contributed by atoms with Crippen molar-refractivity contribution < 1.29 is 19.1 Å². The molecule has 0 saturated carbocycles. The highest BCUT2D eigenvalue weighted by Gasteiger charge is 2.24. The van der Waals surface area contributed by atoms with Crippen LogP contribution in [-0.4, -0.2) is 30.7 Å². The first kappa shape index (κ1) is 28.2. The van der Waals surface area contributed by atoms with Gasteiger partial charge in [0.25, 0.3) is 11.8 Å². The van der Waals surface area contributed by atoms with Crippen LogP contribution in [0.2, 0.25) is 5.02 Å². The van der Waals surface area contributed by atoms with Crippen LogP contribution in [0.25, 0.3) is 0 Å². The molecule has 0 bridgehead atoms. The smallest absolute Gasteiger partial charge is 0.262 e. The summed E-state index contributed by atoms with van der Waals surface area (Å²) in [7, 11) is 0. The minimum atomic E-state index is -0.801. The van der Waals surface area contributed by atoms with Crippen molar-refractivity contribution in [1.29, 1.82) is 5.26 Å². The van der Waals surface area contributed by atoms with Crippen LogP contribution in [0.5, 0.6) is 11.5 Å². The number of nitrogens with zero attached hydrogens (tertiary/aromatic N) is 2. The summed E-state index contributed by atoms with van der Waals surface area (Å²) in [5, 5.41) is 16.5. The summed E-state index contributed by atoms with van der Waals surface area (Å²) in [6.45, 7) is 6.15. The van der Waals surface area contributed by atoms with Gasteiger partial charge in [-0.25, -0.2) is 5.43 Å². The monoisotopic (exact) mass is 532 g/mol. The number of rotatable bonds is 11. The highest BCUT2D eigenvalue weighted by Crippen LogP contribution is 2.29. The molecule has 0 radical (unpaired) electrons. The SMILES string of the molecule is CCOc1cc(/C=N/NC(=O)C(NC(=O)c2cccc(Cl)c2)C(C)C)ccc1OCc1ccccc1C#N. The van der Waals surface area contributed by atoms with Crippen LogP contribution in [0, 0.1) is 17.2 Å². The maximum Gasteiger partial charge on any atom is 0.262 e. The van der Waals surface area contributed by atoms with E-state index in [1.54, 1.807) is 48.5 Å². The summed E-state index contributed by atoms with van der Waals surface area (Å²) < 4.78 is 11.6. The highest BCUT2D eigenvalue weighted by atomic mass is 35.5. The van der Waals surface area contributed by atoms with E-state index in [1.165, 1.54) is 12.3 Å². The first-order valence-corrected chi connectivity index (χ1v) is 12.5. The van der Waals surface area contributed by atoms with Gasteiger partial charge >= 0.3 is 0 Å². The molecular weight excluding hydrogens is 504 g/mol. The maximum absolute atomic E-state index is 12.8. The standard InChI is InChI=1S/C29H29ClN4O4/c1-4-37-26-14-20(12-13-25(26)38-18-23-9-6-5-8-22(23)16-31)17-32-34-29(36)27(19(2)3)33-28(35)21-10-7-11-24(30)15-21/h5-15,17,19,27H,4,18H2,1-3H3,(H,33,35)(H,34,36)/b32-17+. The molecule has 38 heavy (non-hydrogen) atoms. The molecule has 0 saturated heterocycles. The van der Waals surface area contributed by atoms with Crippen molar-refractivity contribution in [3.63, 3.8) is 0 Å². The van der Waals surface area contributed by atoms with E-state index < -0.39 is 17.9 Å². The van der Waals surface area contributed by atoms with Crippen LogP contribution in [0.3, 0.4) is 0 Å². The lowest BCUT2D eigenvalue weighted by Crippen LogP contribution is -2.48. The van der Waals surface area contributed by atoms with Gasteiger partial charge in [0.1, 0.15) is 12.6 Å². The van der Waals surface area contributed by atoms with E-state index in [2.05, 4.69) is 21.9 Å². The zero-order valence-corrected chi connectivity index (χ0v) is 22.2. The first-order valence-electron chi connectivity index (χ1n) is 12.1. The molecule has 3 rings (SSSR count). The Labute approximate surface area is 227 Å². The van der Waals surface area contributed by atoms with Gasteiger partial charge in [0.15, 0.2) is 11.5 Å². The van der Waals surface area contributed by atoms with Crippen LogP contribution in [0.4, 0.5) is 0 Å². The second kappa shape index (κ2) is 13.8. The fraction of sp³-hybridized carbons (Fsp3) is 0.241. The van der Waals surface area contributed by atoms with Crippen molar-refractivity contribution >= 4 is 29.6 Å². The molecule has 0 fully saturated rings. The quantitative estimate of drug-likeness (QED) is 0.264. The molecule has 0 aliphatic heterocycles. The molecule has 1 atom stereocenters. The second-order valence-electron chi connectivity index (χ2n) is 8.64. The largest absolute Gasteiger partial charge is 0.490 e. The van der Waals surface area contributed by atoms with Gasteiger partial charge in [0.05, 0.1) is 24.5 Å². The van der Waals surface area contributed by atoms with E-state index in [0.29, 0.717) is 39.8 Å². The molecule has 0 heterocycles. The number of hydrazone groups is 1. The molecule has 9 heteroatoms. The van der Waals surface area contributed by atoms with E-state index in [0.717, 1.165) is 5.56 Å². The predicted molar refractivity (Wildman–Crippen MR) is 146 cm³/mol. The molecule has 8 nitrogen and oxygen atoms in total. The zero-order chi connectivity index (χ0) is 27.5. The van der Waals surface area contributed by atoms with Gasteiger partial charge in [-0.1, -0.05) is 49.7 Å². The molecule has 3 aromatic rings. The number of benzene rings is 3. The minimum absolute atomic E-state index is 0.180. The molecular formula is C29H29ClN4O4. The van der Waals surface area contributed by atoms with Crippen LogP contribution >= 0.6 is 11.6 Å². The van der Waals surface area contributed by atoms with Gasteiger partial charge in [0, 0.05) is 16.1 Å². The number of carbonyl (C=O) groups is 2. The first-order chi connectivity index (χ1) is 18.3. The Bertz CT molecular complexity index is 1350. The summed E-state index contributed by atoms with van der Waals surface area (Å²) in [5.74, 6) is -0.0108. The van der Waals surface area contributed by atoms with Crippen LogP contribution in [0.15, 0.2) is 71.8 Å². The number of amides is 2. The Hall–Kier alpha value is -4.35. The molecule has 0 aliphatic carbocycles. The molecule has 2 N–H and O–H groups in total. The van der Waals surface area contributed by atoms with Gasteiger partial charge in [-0.2, -0.15) is 10.4 Å².